The van der Waals surface area contributed by atoms with Gasteiger partial charge >= 0.3 is 5.69 Å². The number of methoxy groups -OCH3 is 1. The number of nitrogens with one attached hydrogen (secondary N) is 1. The average Bonchev–Trinajstić information content (AvgIpc) is 2.74. The molecule has 152 valence electrons. The molecule has 0 spiro atoms. The maximum atomic E-state index is 13.0. The molecule has 0 saturated carbocycles. The predicted octanol–water partition coefficient (Wildman–Crippen LogP) is 3.00. The summed E-state index contributed by atoms with van der Waals surface area (Å²) in [5, 5.41) is 3.21. The number of benzene rings is 2. The quantitative estimate of drug-likeness (QED) is 0.595. The van der Waals surface area contributed by atoms with Crippen molar-refractivity contribution in [3.63, 3.8) is 0 Å². The fraction of sp³-hybridized carbons (Fsp3) is 0.318. The normalized spacial score (nSPS) is 10.8. The molecule has 3 rings (SSSR count). The lowest BCUT2D eigenvalue weighted by Gasteiger charge is -2.14. The zero-order chi connectivity index (χ0) is 20.8. The van der Waals surface area contributed by atoms with Gasteiger partial charge in [-0.05, 0) is 42.8 Å². The number of carbonyl (C=O) groups excluding carboxylic acids is 1. The number of unbranched alkanes of at least 4 members (excludes halogenated alkanes) is 2. The molecule has 7 heteroatoms. The van der Waals surface area contributed by atoms with E-state index in [9.17, 15) is 14.4 Å². The molecular weight excluding hydrogens is 370 g/mol. The number of rotatable bonds is 8. The van der Waals surface area contributed by atoms with Crippen molar-refractivity contribution in [3.8, 4) is 5.75 Å². The van der Waals surface area contributed by atoms with E-state index in [1.54, 1.807) is 55.6 Å². The Morgan fingerprint density at radius 3 is 2.41 bits per heavy atom. The molecule has 0 radical (unpaired) electrons. The summed E-state index contributed by atoms with van der Waals surface area (Å²) in [4.78, 5) is 38.4. The van der Waals surface area contributed by atoms with Gasteiger partial charge in [-0.25, -0.2) is 4.79 Å². The monoisotopic (exact) mass is 395 g/mol. The topological polar surface area (TPSA) is 82.3 Å². The number of nitrogens with zero attached hydrogens (tertiary/aromatic N) is 2. The standard InChI is InChI=1S/C22H25N3O4/c1-3-4-7-14-24-21(27)18-8-5-6-9-19(18)25(22(24)28)15-20(26)23-16-10-12-17(29-2)13-11-16/h5-6,8-13H,3-4,7,14-15H2,1-2H3,(H,23,26). The van der Waals surface area contributed by atoms with Crippen molar-refractivity contribution >= 4 is 22.5 Å². The molecule has 0 saturated heterocycles. The first kappa shape index (κ1) is 20.4. The molecular formula is C22H25N3O4. The largest absolute Gasteiger partial charge is 0.497 e. The molecule has 0 aliphatic heterocycles. The second-order valence-corrected chi connectivity index (χ2v) is 6.83. The highest BCUT2D eigenvalue weighted by molar-refractivity contribution is 5.91. The number of carbonyl (C=O) groups is 1. The van der Waals surface area contributed by atoms with E-state index in [1.807, 2.05) is 0 Å². The summed E-state index contributed by atoms with van der Waals surface area (Å²) in [5.74, 6) is 0.338. The maximum Gasteiger partial charge on any atom is 0.331 e. The highest BCUT2D eigenvalue weighted by Crippen LogP contribution is 2.15. The number of ether oxygens (including phenoxy) is 1. The number of amides is 1. The number of fused-ring (bicyclic) bond motifs is 1. The fourth-order valence-corrected chi connectivity index (χ4v) is 3.26. The summed E-state index contributed by atoms with van der Waals surface area (Å²) < 4.78 is 7.71. The molecule has 2 aromatic carbocycles. The molecule has 1 aromatic heterocycles. The predicted molar refractivity (Wildman–Crippen MR) is 114 cm³/mol. The zero-order valence-corrected chi connectivity index (χ0v) is 16.7. The first-order valence-electron chi connectivity index (χ1n) is 9.71. The Labute approximate surface area is 168 Å². The second kappa shape index (κ2) is 9.23. The van der Waals surface area contributed by atoms with Crippen molar-refractivity contribution in [3.05, 3.63) is 69.4 Å². The van der Waals surface area contributed by atoms with Crippen LogP contribution < -0.4 is 21.3 Å². The first-order valence-corrected chi connectivity index (χ1v) is 9.71. The Morgan fingerprint density at radius 1 is 1.00 bits per heavy atom. The minimum atomic E-state index is -0.463. The van der Waals surface area contributed by atoms with Crippen molar-refractivity contribution in [2.75, 3.05) is 12.4 Å². The highest BCUT2D eigenvalue weighted by Gasteiger charge is 2.15. The molecule has 1 N–H and O–H groups in total. The molecule has 0 unspecified atom stereocenters. The van der Waals surface area contributed by atoms with Gasteiger partial charge in [-0.2, -0.15) is 0 Å². The van der Waals surface area contributed by atoms with Gasteiger partial charge in [0, 0.05) is 12.2 Å². The number of hydrogen-bond acceptors (Lipinski definition) is 4. The van der Waals surface area contributed by atoms with Crippen LogP contribution in [0.25, 0.3) is 10.9 Å². The van der Waals surface area contributed by atoms with Crippen molar-refractivity contribution in [1.29, 1.82) is 0 Å². The summed E-state index contributed by atoms with van der Waals surface area (Å²) in [6.07, 6.45) is 2.65. The number of hydrogen-bond donors (Lipinski definition) is 1. The van der Waals surface area contributed by atoms with Crippen LogP contribution in [0.4, 0.5) is 5.69 Å². The van der Waals surface area contributed by atoms with Crippen molar-refractivity contribution in [1.82, 2.24) is 9.13 Å². The van der Waals surface area contributed by atoms with Crippen LogP contribution in [0.5, 0.6) is 5.75 Å². The molecule has 0 aliphatic carbocycles. The Bertz CT molecular complexity index is 1110. The SMILES string of the molecule is CCCCCn1c(=O)c2ccccc2n(CC(=O)Nc2ccc(OC)cc2)c1=O. The van der Waals surface area contributed by atoms with Gasteiger partial charge < -0.3 is 10.1 Å². The van der Waals surface area contributed by atoms with Gasteiger partial charge in [-0.1, -0.05) is 31.9 Å². The summed E-state index contributed by atoms with van der Waals surface area (Å²) in [6, 6.07) is 13.8. The van der Waals surface area contributed by atoms with Gasteiger partial charge in [0.05, 0.1) is 18.0 Å². The van der Waals surface area contributed by atoms with Crippen LogP contribution in [0, 0.1) is 0 Å². The van der Waals surface area contributed by atoms with Gasteiger partial charge in [0.2, 0.25) is 5.91 Å². The molecule has 1 amide bonds. The number of aromatic nitrogens is 2. The molecule has 0 bridgehead atoms. The molecule has 3 aromatic rings. The lowest BCUT2D eigenvalue weighted by Crippen LogP contribution is -2.41. The van der Waals surface area contributed by atoms with E-state index in [2.05, 4.69) is 12.2 Å². The third-order valence-corrected chi connectivity index (χ3v) is 4.79. The van der Waals surface area contributed by atoms with Crippen LogP contribution in [0.1, 0.15) is 26.2 Å². The molecule has 0 fully saturated rings. The van der Waals surface area contributed by atoms with Crippen LogP contribution in [-0.2, 0) is 17.9 Å². The van der Waals surface area contributed by atoms with Gasteiger partial charge in [-0.15, -0.1) is 0 Å². The smallest absolute Gasteiger partial charge is 0.331 e. The Kier molecular flexibility index (Phi) is 6.49. The van der Waals surface area contributed by atoms with Crippen molar-refractivity contribution in [2.24, 2.45) is 0 Å². The van der Waals surface area contributed by atoms with Crippen LogP contribution in [0.3, 0.4) is 0 Å². The summed E-state index contributed by atoms with van der Waals surface area (Å²) >= 11 is 0. The molecule has 7 nitrogen and oxygen atoms in total. The number of anilines is 1. The van der Waals surface area contributed by atoms with E-state index < -0.39 is 5.69 Å². The molecule has 29 heavy (non-hydrogen) atoms. The minimum Gasteiger partial charge on any atom is -0.497 e. The Morgan fingerprint density at radius 2 is 1.72 bits per heavy atom. The lowest BCUT2D eigenvalue weighted by molar-refractivity contribution is -0.116. The van der Waals surface area contributed by atoms with Gasteiger partial charge in [-0.3, -0.25) is 18.7 Å². The average molecular weight is 395 g/mol. The van der Waals surface area contributed by atoms with Crippen molar-refractivity contribution < 1.29 is 9.53 Å². The van der Waals surface area contributed by atoms with E-state index in [0.29, 0.717) is 28.9 Å². The lowest BCUT2D eigenvalue weighted by atomic mass is 10.2. The summed E-state index contributed by atoms with van der Waals surface area (Å²) in [5.41, 5.74) is 0.284. The minimum absolute atomic E-state index is 0.181. The summed E-state index contributed by atoms with van der Waals surface area (Å²) in [7, 11) is 1.57. The van der Waals surface area contributed by atoms with E-state index in [0.717, 1.165) is 19.3 Å². The van der Waals surface area contributed by atoms with E-state index in [-0.39, 0.29) is 18.0 Å². The Hall–Kier alpha value is -3.35. The second-order valence-electron chi connectivity index (χ2n) is 6.83. The van der Waals surface area contributed by atoms with Gasteiger partial charge in [0.15, 0.2) is 0 Å². The third-order valence-electron chi connectivity index (χ3n) is 4.79. The van der Waals surface area contributed by atoms with E-state index in [1.165, 1.54) is 9.13 Å². The highest BCUT2D eigenvalue weighted by atomic mass is 16.5. The number of para-hydroxylation sites is 1. The van der Waals surface area contributed by atoms with Crippen LogP contribution in [0.2, 0.25) is 0 Å². The van der Waals surface area contributed by atoms with Crippen molar-refractivity contribution in [2.45, 2.75) is 39.3 Å². The Balaban J connectivity index is 1.93. The molecule has 1 heterocycles. The third kappa shape index (κ3) is 4.56. The van der Waals surface area contributed by atoms with Gasteiger partial charge in [0.25, 0.3) is 5.56 Å². The maximum absolute atomic E-state index is 13.0. The molecule has 0 aliphatic rings. The van der Waals surface area contributed by atoms with E-state index in [4.69, 9.17) is 4.74 Å². The van der Waals surface area contributed by atoms with Crippen LogP contribution in [0.15, 0.2) is 58.1 Å². The van der Waals surface area contributed by atoms with E-state index >= 15 is 0 Å². The zero-order valence-electron chi connectivity index (χ0n) is 16.7. The van der Waals surface area contributed by atoms with Crippen LogP contribution >= 0.6 is 0 Å². The molecule has 0 atom stereocenters. The first-order chi connectivity index (χ1) is 14.0. The van der Waals surface area contributed by atoms with Gasteiger partial charge in [0.1, 0.15) is 12.3 Å². The van der Waals surface area contributed by atoms with Crippen LogP contribution in [-0.4, -0.2) is 22.2 Å². The summed E-state index contributed by atoms with van der Waals surface area (Å²) in [6.45, 7) is 2.22. The fourth-order valence-electron chi connectivity index (χ4n) is 3.26.